The minimum absolute atomic E-state index is 0.261. The summed E-state index contributed by atoms with van der Waals surface area (Å²) in [6.07, 6.45) is -0.536. The second-order valence-corrected chi connectivity index (χ2v) is 3.57. The summed E-state index contributed by atoms with van der Waals surface area (Å²) in [6, 6.07) is 7.23. The highest BCUT2D eigenvalue weighted by Gasteiger charge is 2.17. The molecule has 0 radical (unpaired) electrons. The number of rotatable bonds is 8. The molecule has 0 fully saturated rings. The number of methoxy groups -OCH3 is 1. The molecule has 0 amide bonds. The maximum atomic E-state index is 10.8. The van der Waals surface area contributed by atoms with Gasteiger partial charge in [-0.2, -0.15) is 0 Å². The third-order valence-corrected chi connectivity index (χ3v) is 2.35. The summed E-state index contributed by atoms with van der Waals surface area (Å²) in [5.41, 5.74) is 0. The molecule has 1 N–H and O–H groups in total. The van der Waals surface area contributed by atoms with E-state index in [9.17, 15) is 4.79 Å². The van der Waals surface area contributed by atoms with Gasteiger partial charge in [-0.3, -0.25) is 0 Å². The molecule has 0 aliphatic rings. The van der Waals surface area contributed by atoms with Gasteiger partial charge in [0, 0.05) is 13.0 Å². The summed E-state index contributed by atoms with van der Waals surface area (Å²) in [5.74, 6) is 0.252. The first-order chi connectivity index (χ1) is 8.69. The molecule has 1 unspecified atom stereocenters. The smallest absolute Gasteiger partial charge is 0.332 e. The lowest BCUT2D eigenvalue weighted by Crippen LogP contribution is -2.26. The summed E-state index contributed by atoms with van der Waals surface area (Å²) < 4.78 is 15.7. The van der Waals surface area contributed by atoms with Gasteiger partial charge in [0.15, 0.2) is 17.6 Å². The fraction of sp³-hybridized carbons (Fsp3) is 0.462. The highest BCUT2D eigenvalue weighted by atomic mass is 16.5. The predicted molar refractivity (Wildman–Crippen MR) is 66.2 cm³/mol. The summed E-state index contributed by atoms with van der Waals surface area (Å²) >= 11 is 0. The van der Waals surface area contributed by atoms with E-state index in [0.29, 0.717) is 24.5 Å². The van der Waals surface area contributed by atoms with Crippen molar-refractivity contribution in [2.75, 3.05) is 20.3 Å². The van der Waals surface area contributed by atoms with Gasteiger partial charge in [-0.15, -0.1) is 0 Å². The molecule has 0 aliphatic carbocycles. The van der Waals surface area contributed by atoms with Crippen LogP contribution in [-0.2, 0) is 9.53 Å². The fourth-order valence-electron chi connectivity index (χ4n) is 1.49. The van der Waals surface area contributed by atoms with Crippen LogP contribution in [0.2, 0.25) is 0 Å². The van der Waals surface area contributed by atoms with Crippen molar-refractivity contribution >= 4 is 5.97 Å². The van der Waals surface area contributed by atoms with Gasteiger partial charge in [0.1, 0.15) is 0 Å². The molecule has 1 atom stereocenters. The van der Waals surface area contributed by atoms with Crippen LogP contribution in [-0.4, -0.2) is 37.5 Å². The molecule has 18 heavy (non-hydrogen) atoms. The predicted octanol–water partition coefficient (Wildman–Crippen LogP) is 1.95. The van der Waals surface area contributed by atoms with Gasteiger partial charge in [0.05, 0.1) is 13.7 Å². The van der Waals surface area contributed by atoms with Crippen molar-refractivity contribution in [3.63, 3.8) is 0 Å². The van der Waals surface area contributed by atoms with Gasteiger partial charge in [0.25, 0.3) is 0 Å². The molecule has 1 rings (SSSR count). The average molecular weight is 254 g/mol. The third kappa shape index (κ3) is 4.25. The summed E-state index contributed by atoms with van der Waals surface area (Å²) in [5, 5.41) is 8.90. The van der Waals surface area contributed by atoms with Gasteiger partial charge in [-0.25, -0.2) is 4.79 Å². The first-order valence-electron chi connectivity index (χ1n) is 5.79. The molecule has 0 aliphatic heterocycles. The van der Waals surface area contributed by atoms with Gasteiger partial charge in [-0.1, -0.05) is 12.1 Å². The molecule has 1 aromatic rings. The largest absolute Gasteiger partial charge is 0.493 e. The Morgan fingerprint density at radius 1 is 1.33 bits per heavy atom. The van der Waals surface area contributed by atoms with E-state index in [1.165, 1.54) is 0 Å². The van der Waals surface area contributed by atoms with Crippen LogP contribution < -0.4 is 9.47 Å². The zero-order valence-corrected chi connectivity index (χ0v) is 10.6. The molecule has 1 aromatic carbocycles. The highest BCUT2D eigenvalue weighted by molar-refractivity contribution is 5.72. The standard InChI is InChI=1S/C13H18O5/c1-3-17-12(13(14)15)8-9-18-11-7-5-4-6-10(11)16-2/h4-7,12H,3,8-9H2,1-2H3,(H,14,15). The van der Waals surface area contributed by atoms with Crippen LogP contribution in [0.3, 0.4) is 0 Å². The van der Waals surface area contributed by atoms with Crippen molar-refractivity contribution < 1.29 is 24.1 Å². The van der Waals surface area contributed by atoms with E-state index in [-0.39, 0.29) is 6.61 Å². The third-order valence-electron chi connectivity index (χ3n) is 2.35. The van der Waals surface area contributed by atoms with Crippen molar-refractivity contribution in [2.45, 2.75) is 19.4 Å². The number of carbonyl (C=O) groups is 1. The number of para-hydroxylation sites is 2. The van der Waals surface area contributed by atoms with E-state index in [4.69, 9.17) is 19.3 Å². The van der Waals surface area contributed by atoms with Crippen LogP contribution in [0.25, 0.3) is 0 Å². The summed E-state index contributed by atoms with van der Waals surface area (Å²) in [7, 11) is 1.56. The Labute approximate surface area is 106 Å². The van der Waals surface area contributed by atoms with Crippen molar-refractivity contribution in [1.29, 1.82) is 0 Å². The second kappa shape index (κ2) is 7.55. The minimum atomic E-state index is -0.972. The first-order valence-corrected chi connectivity index (χ1v) is 5.79. The molecule has 100 valence electrons. The minimum Gasteiger partial charge on any atom is -0.493 e. The van der Waals surface area contributed by atoms with Crippen molar-refractivity contribution in [1.82, 2.24) is 0 Å². The van der Waals surface area contributed by atoms with E-state index < -0.39 is 12.1 Å². The van der Waals surface area contributed by atoms with E-state index >= 15 is 0 Å². The topological polar surface area (TPSA) is 65.0 Å². The van der Waals surface area contributed by atoms with Crippen molar-refractivity contribution in [2.24, 2.45) is 0 Å². The molecule has 5 nitrogen and oxygen atoms in total. The van der Waals surface area contributed by atoms with E-state index in [1.807, 2.05) is 12.1 Å². The Hall–Kier alpha value is -1.75. The zero-order valence-electron chi connectivity index (χ0n) is 10.6. The van der Waals surface area contributed by atoms with Crippen molar-refractivity contribution in [3.8, 4) is 11.5 Å². The van der Waals surface area contributed by atoms with E-state index in [1.54, 1.807) is 26.2 Å². The van der Waals surface area contributed by atoms with Crippen LogP contribution in [0.5, 0.6) is 11.5 Å². The van der Waals surface area contributed by atoms with Gasteiger partial charge >= 0.3 is 5.97 Å². The van der Waals surface area contributed by atoms with Crippen LogP contribution in [0.1, 0.15) is 13.3 Å². The second-order valence-electron chi connectivity index (χ2n) is 3.57. The van der Waals surface area contributed by atoms with Gasteiger partial charge < -0.3 is 19.3 Å². The SMILES string of the molecule is CCOC(CCOc1ccccc1OC)C(=O)O. The molecule has 0 spiro atoms. The number of benzene rings is 1. The maximum Gasteiger partial charge on any atom is 0.332 e. The number of hydrogen-bond acceptors (Lipinski definition) is 4. The Morgan fingerprint density at radius 2 is 2.00 bits per heavy atom. The normalized spacial score (nSPS) is 11.9. The molecular weight excluding hydrogens is 236 g/mol. The summed E-state index contributed by atoms with van der Waals surface area (Å²) in [4.78, 5) is 10.8. The lowest BCUT2D eigenvalue weighted by atomic mass is 10.2. The van der Waals surface area contributed by atoms with Gasteiger partial charge in [-0.05, 0) is 19.1 Å². The number of carboxylic acids is 1. The lowest BCUT2D eigenvalue weighted by Gasteiger charge is -2.14. The Balaban J connectivity index is 2.47. The molecular formula is C13H18O5. The number of ether oxygens (including phenoxy) is 3. The lowest BCUT2D eigenvalue weighted by molar-refractivity contribution is -0.150. The van der Waals surface area contributed by atoms with Gasteiger partial charge in [0.2, 0.25) is 0 Å². The number of hydrogen-bond donors (Lipinski definition) is 1. The molecule has 5 heteroatoms. The maximum absolute atomic E-state index is 10.8. The fourth-order valence-corrected chi connectivity index (χ4v) is 1.49. The number of carboxylic acid groups (broad SMARTS) is 1. The zero-order chi connectivity index (χ0) is 13.4. The van der Waals surface area contributed by atoms with E-state index in [2.05, 4.69) is 0 Å². The Morgan fingerprint density at radius 3 is 2.56 bits per heavy atom. The molecule has 0 aromatic heterocycles. The monoisotopic (exact) mass is 254 g/mol. The summed E-state index contributed by atoms with van der Waals surface area (Å²) in [6.45, 7) is 2.39. The van der Waals surface area contributed by atoms with E-state index in [0.717, 1.165) is 0 Å². The van der Waals surface area contributed by atoms with Crippen LogP contribution in [0.4, 0.5) is 0 Å². The van der Waals surface area contributed by atoms with Crippen LogP contribution in [0, 0.1) is 0 Å². The van der Waals surface area contributed by atoms with Crippen LogP contribution >= 0.6 is 0 Å². The highest BCUT2D eigenvalue weighted by Crippen LogP contribution is 2.25. The number of aliphatic carboxylic acids is 1. The molecule has 0 bridgehead atoms. The quantitative estimate of drug-likeness (QED) is 0.768. The molecule has 0 saturated carbocycles. The Kier molecular flexibility index (Phi) is 6.00. The van der Waals surface area contributed by atoms with Crippen LogP contribution in [0.15, 0.2) is 24.3 Å². The van der Waals surface area contributed by atoms with Crippen molar-refractivity contribution in [3.05, 3.63) is 24.3 Å². The molecule has 0 saturated heterocycles. The average Bonchev–Trinajstić information content (AvgIpc) is 2.38. The first kappa shape index (κ1) is 14.3. The Bertz CT molecular complexity index is 377. The molecule has 0 heterocycles.